The van der Waals surface area contributed by atoms with Gasteiger partial charge in [-0.05, 0) is 123 Å². The topological polar surface area (TPSA) is 276 Å². The Morgan fingerprint density at radius 1 is 0.603 bits per heavy atom. The zero-order valence-corrected chi connectivity index (χ0v) is 38.3. The monoisotopic (exact) mass is 920 g/mol. The molecule has 63 heavy (non-hydrogen) atoms. The van der Waals surface area contributed by atoms with Crippen molar-refractivity contribution in [3.05, 3.63) is 164 Å². The minimum absolute atomic E-state index is 0. The Morgan fingerprint density at radius 2 is 1.05 bits per heavy atom. The van der Waals surface area contributed by atoms with Gasteiger partial charge in [-0.15, -0.1) is 0 Å². The van der Waals surface area contributed by atoms with Crippen LogP contribution in [0.15, 0.2) is 151 Å². The van der Waals surface area contributed by atoms with Crippen LogP contribution >= 0.6 is 0 Å². The van der Waals surface area contributed by atoms with Crippen LogP contribution in [0.5, 0.6) is 0 Å². The molecule has 0 saturated heterocycles. The summed E-state index contributed by atoms with van der Waals surface area (Å²) in [4.78, 5) is 4.81. The Kier molecular flexibility index (Phi) is 20.0. The van der Waals surface area contributed by atoms with Crippen LogP contribution in [0.3, 0.4) is 0 Å². The van der Waals surface area contributed by atoms with Crippen LogP contribution in [-0.4, -0.2) is 58.8 Å². The van der Waals surface area contributed by atoms with E-state index in [9.17, 15) is 25.3 Å². The van der Waals surface area contributed by atoms with Gasteiger partial charge in [-0.2, -0.15) is 18.6 Å². The Labute approximate surface area is 388 Å². The third-order valence-electron chi connectivity index (χ3n) is 9.26. The van der Waals surface area contributed by atoms with Crippen LogP contribution < -0.4 is 29.6 Å². The molecule has 0 fully saturated rings. The van der Waals surface area contributed by atoms with Gasteiger partial charge in [0.2, 0.25) is 19.7 Å². The molecule has 0 bridgehead atoms. The number of aryl methyl sites for hydroxylation is 3. The van der Waals surface area contributed by atoms with E-state index >= 15 is 0 Å². The zero-order valence-electron chi connectivity index (χ0n) is 33.9. The number of benzene rings is 5. The summed E-state index contributed by atoms with van der Waals surface area (Å²) >= 11 is 0. The molecule has 7 rings (SSSR count). The van der Waals surface area contributed by atoms with Gasteiger partial charge in [0.1, 0.15) is 0 Å². The van der Waals surface area contributed by atoms with Crippen molar-refractivity contribution in [3.8, 4) is 0 Å². The second kappa shape index (κ2) is 24.4. The summed E-state index contributed by atoms with van der Waals surface area (Å²) < 4.78 is 81.3. The fourth-order valence-corrected chi connectivity index (χ4v) is 9.84. The minimum atomic E-state index is -3.77. The van der Waals surface area contributed by atoms with Gasteiger partial charge in [0.15, 0.2) is 10.1 Å². The van der Waals surface area contributed by atoms with E-state index in [0.717, 1.165) is 36.0 Å². The predicted molar refractivity (Wildman–Crippen MR) is 237 cm³/mol. The van der Waals surface area contributed by atoms with Crippen LogP contribution in [0.4, 0.5) is 0 Å². The molecule has 21 heteroatoms. The fraction of sp³-hybridized carbons (Fsp3) is 0.238. The van der Waals surface area contributed by atoms with E-state index in [1.54, 1.807) is 78.9 Å². The van der Waals surface area contributed by atoms with E-state index in [0.29, 0.717) is 47.6 Å². The summed E-state index contributed by atoms with van der Waals surface area (Å²) in [5.74, 6) is 0. The van der Waals surface area contributed by atoms with Crippen LogP contribution in [0, 0.1) is 6.92 Å². The first kappa shape index (κ1) is 51.8. The maximum Gasteiger partial charge on any atom is 1.00 e. The Morgan fingerprint density at radius 3 is 1.49 bits per heavy atom. The number of azide groups is 1. The SMILES string of the molecule is C.Cc1ccc(S(=O)(=O)OCCCCc2ccc3n[nH]c(S(=O)(=O)c4ccccc4)c3c2)cc1.[N-]=[N+]=NCCCCc1ccc2n[nH]c(S(=O)(=O)c3ccccc3)c2c1.[N-]=[N+]=[N-].[Na+]. The molecule has 0 atom stereocenters. The van der Waals surface area contributed by atoms with Crippen molar-refractivity contribution in [2.75, 3.05) is 13.2 Å². The van der Waals surface area contributed by atoms with Crippen LogP contribution in [0.25, 0.3) is 48.2 Å². The largest absolute Gasteiger partial charge is 1.00 e. The number of fused-ring (bicyclic) bond motifs is 2. The third kappa shape index (κ3) is 13.7. The van der Waals surface area contributed by atoms with Crippen molar-refractivity contribution >= 4 is 51.6 Å². The second-order valence-electron chi connectivity index (χ2n) is 13.5. The van der Waals surface area contributed by atoms with Crippen molar-refractivity contribution < 1.29 is 59.0 Å². The maximum atomic E-state index is 13.0. The quantitative estimate of drug-likeness (QED) is 0.0252. The van der Waals surface area contributed by atoms with E-state index in [1.807, 2.05) is 37.3 Å². The molecule has 0 aliphatic heterocycles. The number of hydrogen-bond acceptors (Lipinski definition) is 10. The van der Waals surface area contributed by atoms with E-state index in [-0.39, 0.29) is 68.3 Å². The summed E-state index contributed by atoms with van der Waals surface area (Å²) in [5.41, 5.74) is 25.9. The van der Waals surface area contributed by atoms with Gasteiger partial charge in [0, 0.05) is 22.2 Å². The van der Waals surface area contributed by atoms with Gasteiger partial charge in [0.25, 0.3) is 10.1 Å². The van der Waals surface area contributed by atoms with Crippen LogP contribution in [0.1, 0.15) is 49.8 Å². The zero-order chi connectivity index (χ0) is 43.9. The van der Waals surface area contributed by atoms with Crippen LogP contribution in [0.2, 0.25) is 0 Å². The summed E-state index contributed by atoms with van der Waals surface area (Å²) in [6.45, 7) is 2.44. The molecule has 0 saturated carbocycles. The molecule has 0 radical (unpaired) electrons. The number of H-pyrrole nitrogens is 2. The molecule has 0 amide bonds. The molecular weight excluding hydrogens is 876 g/mol. The Hall–Kier alpha value is -5.53. The van der Waals surface area contributed by atoms with Crippen LogP contribution in [-0.2, 0) is 46.8 Å². The van der Waals surface area contributed by atoms with E-state index in [4.69, 9.17) is 20.8 Å². The molecule has 7 aromatic rings. The Bertz CT molecular complexity index is 2990. The van der Waals surface area contributed by atoms with Crippen molar-refractivity contribution in [1.29, 1.82) is 0 Å². The molecule has 17 nitrogen and oxygen atoms in total. The van der Waals surface area contributed by atoms with E-state index in [2.05, 4.69) is 30.4 Å². The number of hydrogen-bond donors (Lipinski definition) is 2. The van der Waals surface area contributed by atoms with Crippen molar-refractivity contribution in [2.45, 2.75) is 77.6 Å². The van der Waals surface area contributed by atoms with E-state index in [1.165, 1.54) is 17.0 Å². The standard InChI is InChI=1S/C24H24N2O5S2.C17H17N5O2S.CH4.N3.Na/c1-18-10-13-21(14-11-18)33(29,30)31-16-6-5-7-19-12-15-23-22(17-19)24(26-25-23)32(27,28)20-8-3-2-4-9-20;18-22-19-11-5-4-6-13-9-10-16-15(12-13)17(21-20-16)25(23,24)14-7-2-1-3-8-14;;1-3-2;/h2-4,8-15,17H,5-7,16H2,1H3,(H,25,26);1-3,7-10,12H,4-6,11H2,(H,20,21);1H4;;/q;;;-1;+1. The van der Waals surface area contributed by atoms with Crippen molar-refractivity contribution in [1.82, 2.24) is 20.4 Å². The van der Waals surface area contributed by atoms with Crippen molar-refractivity contribution in [3.63, 3.8) is 0 Å². The fourth-order valence-electron chi connectivity index (χ4n) is 6.15. The number of aromatic nitrogens is 4. The molecule has 0 unspecified atom stereocenters. The average Bonchev–Trinajstić information content (AvgIpc) is 3.90. The molecule has 2 N–H and O–H groups in total. The average molecular weight is 921 g/mol. The predicted octanol–water partition coefficient (Wildman–Crippen LogP) is 6.97. The number of aromatic amines is 2. The normalized spacial score (nSPS) is 11.1. The Balaban J connectivity index is 0.000000316. The summed E-state index contributed by atoms with van der Waals surface area (Å²) in [7, 11) is -11.1. The van der Waals surface area contributed by atoms with Crippen molar-refractivity contribution in [2.24, 2.45) is 5.11 Å². The molecular formula is C42H45N10NaO7S3. The first-order valence-electron chi connectivity index (χ1n) is 18.8. The number of nitrogens with one attached hydrogen (secondary N) is 2. The van der Waals surface area contributed by atoms with Gasteiger partial charge in [-0.3, -0.25) is 19.3 Å². The van der Waals surface area contributed by atoms with E-state index < -0.39 is 29.8 Å². The summed E-state index contributed by atoms with van der Waals surface area (Å²) in [5, 5.41) is 18.4. The van der Waals surface area contributed by atoms with Gasteiger partial charge >= 0.3 is 29.6 Å². The second-order valence-corrected chi connectivity index (χ2v) is 18.9. The molecule has 0 aliphatic rings. The molecule has 0 spiro atoms. The molecule has 5 aromatic carbocycles. The summed E-state index contributed by atoms with van der Waals surface area (Å²) in [6.07, 6.45) is 4.33. The third-order valence-corrected chi connectivity index (χ3v) is 14.1. The van der Waals surface area contributed by atoms with Gasteiger partial charge < -0.3 is 11.1 Å². The number of rotatable bonds is 16. The molecule has 2 aromatic heterocycles. The number of nitrogens with zero attached hydrogens (tertiary/aromatic N) is 8. The van der Waals surface area contributed by atoms with Gasteiger partial charge in [-0.25, -0.2) is 16.8 Å². The molecule has 0 aliphatic carbocycles. The van der Waals surface area contributed by atoms with Gasteiger partial charge in [0.05, 0.1) is 32.3 Å². The maximum absolute atomic E-state index is 13.0. The first-order valence-corrected chi connectivity index (χ1v) is 23.2. The van der Waals surface area contributed by atoms with Gasteiger partial charge in [-0.1, -0.05) is 78.8 Å². The first-order chi connectivity index (χ1) is 29.3. The smallest absolute Gasteiger partial charge is 0.373 e. The molecule has 2 heterocycles. The number of unbranched alkanes of at least 4 members (excludes halogenated alkanes) is 2. The molecule has 324 valence electrons. The minimum Gasteiger partial charge on any atom is -0.373 e. The summed E-state index contributed by atoms with van der Waals surface area (Å²) in [6, 6.07) is 34.2. The number of sulfone groups is 2.